The number of nitro groups is 1. The van der Waals surface area contributed by atoms with Gasteiger partial charge in [-0.15, -0.1) is 0 Å². The van der Waals surface area contributed by atoms with Crippen LogP contribution in [0.2, 0.25) is 5.02 Å². The zero-order valence-corrected chi connectivity index (χ0v) is 10.3. The predicted octanol–water partition coefficient (Wildman–Crippen LogP) is 2.28. The SMILES string of the molecule is O=C1CC(S)CN1c1cc([N+](=O)[O-])ccc1Cl. The van der Waals surface area contributed by atoms with Gasteiger partial charge in [-0.1, -0.05) is 11.6 Å². The van der Waals surface area contributed by atoms with E-state index in [4.69, 9.17) is 11.6 Å². The Balaban J connectivity index is 2.41. The van der Waals surface area contributed by atoms with Gasteiger partial charge >= 0.3 is 0 Å². The van der Waals surface area contributed by atoms with Crippen LogP contribution in [-0.4, -0.2) is 22.6 Å². The van der Waals surface area contributed by atoms with Crippen LogP contribution < -0.4 is 4.90 Å². The van der Waals surface area contributed by atoms with Crippen LogP contribution in [0.15, 0.2) is 18.2 Å². The highest BCUT2D eigenvalue weighted by atomic mass is 35.5. The van der Waals surface area contributed by atoms with Crippen LogP contribution in [0, 0.1) is 10.1 Å². The number of hydrogen-bond acceptors (Lipinski definition) is 4. The molecule has 0 spiro atoms. The van der Waals surface area contributed by atoms with Crippen molar-refractivity contribution in [2.45, 2.75) is 11.7 Å². The number of non-ortho nitro benzene ring substituents is 1. The molecule has 90 valence electrons. The van der Waals surface area contributed by atoms with Crippen molar-refractivity contribution in [1.29, 1.82) is 0 Å². The number of amides is 1. The maximum Gasteiger partial charge on any atom is 0.271 e. The van der Waals surface area contributed by atoms with Gasteiger partial charge in [0.2, 0.25) is 5.91 Å². The molecule has 1 saturated heterocycles. The third-order valence-corrected chi connectivity index (χ3v) is 3.20. The third-order valence-electron chi connectivity index (χ3n) is 2.54. The molecule has 1 fully saturated rings. The third kappa shape index (κ3) is 2.37. The molecule has 0 radical (unpaired) electrons. The lowest BCUT2D eigenvalue weighted by Crippen LogP contribution is -2.24. The second-order valence-electron chi connectivity index (χ2n) is 3.76. The number of nitro benzene ring substituents is 1. The summed E-state index contributed by atoms with van der Waals surface area (Å²) in [4.78, 5) is 23.3. The summed E-state index contributed by atoms with van der Waals surface area (Å²) in [5.41, 5.74) is 0.294. The van der Waals surface area contributed by atoms with Crippen molar-refractivity contribution in [2.75, 3.05) is 11.4 Å². The van der Waals surface area contributed by atoms with Crippen molar-refractivity contribution in [3.8, 4) is 0 Å². The molecule has 1 aliphatic heterocycles. The summed E-state index contributed by atoms with van der Waals surface area (Å²) in [5.74, 6) is -0.118. The molecule has 1 aliphatic rings. The number of carbonyl (C=O) groups is 1. The van der Waals surface area contributed by atoms with Crippen molar-refractivity contribution in [1.82, 2.24) is 0 Å². The molecule has 7 heteroatoms. The zero-order valence-electron chi connectivity index (χ0n) is 8.67. The van der Waals surface area contributed by atoms with Gasteiger partial charge in [0, 0.05) is 30.3 Å². The number of rotatable bonds is 2. The maximum atomic E-state index is 11.7. The van der Waals surface area contributed by atoms with Crippen molar-refractivity contribution >= 4 is 41.5 Å². The fourth-order valence-corrected chi connectivity index (χ4v) is 2.28. The van der Waals surface area contributed by atoms with E-state index in [0.29, 0.717) is 23.7 Å². The number of hydrogen-bond donors (Lipinski definition) is 1. The highest BCUT2D eigenvalue weighted by Gasteiger charge is 2.30. The molecule has 17 heavy (non-hydrogen) atoms. The summed E-state index contributed by atoms with van der Waals surface area (Å²) in [7, 11) is 0. The van der Waals surface area contributed by atoms with Crippen LogP contribution in [0.25, 0.3) is 0 Å². The van der Waals surface area contributed by atoms with Gasteiger partial charge in [0.1, 0.15) is 0 Å². The van der Waals surface area contributed by atoms with Crippen LogP contribution >= 0.6 is 24.2 Å². The number of anilines is 1. The lowest BCUT2D eigenvalue weighted by atomic mass is 10.2. The molecule has 0 aliphatic carbocycles. The Morgan fingerprint density at radius 3 is 2.76 bits per heavy atom. The van der Waals surface area contributed by atoms with E-state index in [2.05, 4.69) is 12.6 Å². The molecule has 0 N–H and O–H groups in total. The van der Waals surface area contributed by atoms with Gasteiger partial charge < -0.3 is 4.90 Å². The van der Waals surface area contributed by atoms with Gasteiger partial charge in [0.05, 0.1) is 15.6 Å². The average molecular weight is 273 g/mol. The number of carbonyl (C=O) groups excluding carboxylic acids is 1. The first-order valence-electron chi connectivity index (χ1n) is 4.91. The van der Waals surface area contributed by atoms with E-state index in [0.717, 1.165) is 0 Å². The molecule has 5 nitrogen and oxygen atoms in total. The Bertz CT molecular complexity index is 494. The van der Waals surface area contributed by atoms with E-state index in [-0.39, 0.29) is 16.8 Å². The lowest BCUT2D eigenvalue weighted by molar-refractivity contribution is -0.384. The summed E-state index contributed by atoms with van der Waals surface area (Å²) >= 11 is 10.2. The molecule has 0 saturated carbocycles. The van der Waals surface area contributed by atoms with Crippen molar-refractivity contribution in [3.63, 3.8) is 0 Å². The molecule has 1 heterocycles. The second-order valence-corrected chi connectivity index (χ2v) is 4.89. The molecule has 0 bridgehead atoms. The summed E-state index contributed by atoms with van der Waals surface area (Å²) in [6.45, 7) is 0.419. The average Bonchev–Trinajstić information content (AvgIpc) is 2.58. The second kappa shape index (κ2) is 4.54. The Morgan fingerprint density at radius 2 is 2.24 bits per heavy atom. The Kier molecular flexibility index (Phi) is 3.26. The van der Waals surface area contributed by atoms with Crippen molar-refractivity contribution in [3.05, 3.63) is 33.3 Å². The zero-order chi connectivity index (χ0) is 12.6. The summed E-state index contributed by atoms with van der Waals surface area (Å²) in [6.07, 6.45) is 0.322. The Labute approximate surface area is 108 Å². The van der Waals surface area contributed by atoms with Crippen LogP contribution in [0.3, 0.4) is 0 Å². The van der Waals surface area contributed by atoms with Gasteiger partial charge in [-0.05, 0) is 6.07 Å². The molecular weight excluding hydrogens is 264 g/mol. The summed E-state index contributed by atoms with van der Waals surface area (Å²) in [6, 6.07) is 4.05. The van der Waals surface area contributed by atoms with Crippen molar-refractivity contribution < 1.29 is 9.72 Å². The molecule has 1 atom stereocenters. The minimum absolute atomic E-state index is 0.0576. The first kappa shape index (κ1) is 12.2. The van der Waals surface area contributed by atoms with Crippen LogP contribution in [0.1, 0.15) is 6.42 Å². The number of benzene rings is 1. The summed E-state index contributed by atoms with van der Waals surface area (Å²) < 4.78 is 0. The van der Waals surface area contributed by atoms with Gasteiger partial charge in [-0.2, -0.15) is 12.6 Å². The molecular formula is C10H9ClN2O3S. The number of halogens is 1. The molecule has 1 aromatic carbocycles. The van der Waals surface area contributed by atoms with E-state index in [1.54, 1.807) is 0 Å². The smallest absolute Gasteiger partial charge is 0.271 e. The van der Waals surface area contributed by atoms with Gasteiger partial charge in [0.15, 0.2) is 0 Å². The minimum Gasteiger partial charge on any atom is -0.310 e. The fraction of sp³-hybridized carbons (Fsp3) is 0.300. The van der Waals surface area contributed by atoms with E-state index in [9.17, 15) is 14.9 Å². The van der Waals surface area contributed by atoms with E-state index in [1.807, 2.05) is 0 Å². The van der Waals surface area contributed by atoms with E-state index < -0.39 is 4.92 Å². The highest BCUT2D eigenvalue weighted by molar-refractivity contribution is 7.81. The lowest BCUT2D eigenvalue weighted by Gasteiger charge is -2.17. The highest BCUT2D eigenvalue weighted by Crippen LogP contribution is 2.33. The standard InChI is InChI=1S/C10H9ClN2O3S/c11-8-2-1-6(13(15)16)3-9(8)12-5-7(17)4-10(12)14/h1-3,7,17H,4-5H2. The van der Waals surface area contributed by atoms with Gasteiger partial charge in [-0.25, -0.2) is 0 Å². The quantitative estimate of drug-likeness (QED) is 0.510. The molecule has 1 unspecified atom stereocenters. The fourth-order valence-electron chi connectivity index (χ4n) is 1.74. The molecule has 2 rings (SSSR count). The molecule has 1 amide bonds. The van der Waals surface area contributed by atoms with E-state index >= 15 is 0 Å². The summed E-state index contributed by atoms with van der Waals surface area (Å²) in [5, 5.41) is 10.9. The van der Waals surface area contributed by atoms with Crippen LogP contribution in [0.4, 0.5) is 11.4 Å². The molecule has 1 aromatic rings. The van der Waals surface area contributed by atoms with Crippen LogP contribution in [-0.2, 0) is 4.79 Å². The van der Waals surface area contributed by atoms with Crippen molar-refractivity contribution in [2.24, 2.45) is 0 Å². The molecule has 0 aromatic heterocycles. The van der Waals surface area contributed by atoms with E-state index in [1.165, 1.54) is 23.1 Å². The normalized spacial score (nSPS) is 19.8. The minimum atomic E-state index is -0.515. The first-order valence-corrected chi connectivity index (χ1v) is 5.81. The first-order chi connectivity index (χ1) is 7.99. The topological polar surface area (TPSA) is 63.5 Å². The number of nitrogens with zero attached hydrogens (tertiary/aromatic N) is 2. The Morgan fingerprint density at radius 1 is 1.53 bits per heavy atom. The monoisotopic (exact) mass is 272 g/mol. The van der Waals surface area contributed by atoms with Gasteiger partial charge in [0.25, 0.3) is 5.69 Å². The maximum absolute atomic E-state index is 11.7. The predicted molar refractivity (Wildman–Crippen MR) is 67.9 cm³/mol. The van der Waals surface area contributed by atoms with Crippen LogP contribution in [0.5, 0.6) is 0 Å². The number of thiol groups is 1. The Hall–Kier alpha value is -1.27. The largest absolute Gasteiger partial charge is 0.310 e. The van der Waals surface area contributed by atoms with Gasteiger partial charge in [-0.3, -0.25) is 14.9 Å².